The molecule has 0 atom stereocenters. The van der Waals surface area contributed by atoms with Gasteiger partial charge in [0, 0.05) is 37.6 Å². The van der Waals surface area contributed by atoms with Gasteiger partial charge in [0.1, 0.15) is 11.2 Å². The molecule has 0 aliphatic rings. The maximum atomic E-state index is 12.8. The van der Waals surface area contributed by atoms with Crippen molar-refractivity contribution in [3.05, 3.63) is 59.5 Å². The number of pyridine rings is 1. The zero-order chi connectivity index (χ0) is 23.9. The number of hydrogen-bond acceptors (Lipinski definition) is 6. The van der Waals surface area contributed by atoms with Gasteiger partial charge >= 0.3 is 6.36 Å². The zero-order valence-electron chi connectivity index (χ0n) is 18.2. The molecule has 8 nitrogen and oxygen atoms in total. The first-order chi connectivity index (χ1) is 15.5. The molecule has 3 heterocycles. The third-order valence-corrected chi connectivity index (χ3v) is 5.09. The predicted octanol–water partition coefficient (Wildman–Crippen LogP) is 4.22. The zero-order valence-corrected chi connectivity index (χ0v) is 18.2. The van der Waals surface area contributed by atoms with E-state index in [1.807, 2.05) is 13.0 Å². The number of amides is 1. The molecule has 0 unspecified atom stereocenters. The lowest BCUT2D eigenvalue weighted by Crippen LogP contribution is -2.28. The van der Waals surface area contributed by atoms with Gasteiger partial charge in [-0.2, -0.15) is 5.10 Å². The average molecular weight is 456 g/mol. The maximum Gasteiger partial charge on any atom is 0.574 e. The molecule has 11 heteroatoms. The summed E-state index contributed by atoms with van der Waals surface area (Å²) in [5.41, 5.74) is 3.74. The number of aromatic nitrogens is 5. The lowest BCUT2D eigenvalue weighted by Gasteiger charge is -2.20. The summed E-state index contributed by atoms with van der Waals surface area (Å²) in [6.07, 6.45) is -1.92. The Hall–Kier alpha value is -4.02. The van der Waals surface area contributed by atoms with Gasteiger partial charge in [-0.05, 0) is 49.2 Å². The SMILES string of the molecule is Cc1cc(-c2ncc3nc(OC(F)(F)F)cc(C)c3n2)ccc1N(C)C(=O)c1ccnn1C. The van der Waals surface area contributed by atoms with E-state index in [4.69, 9.17) is 0 Å². The van der Waals surface area contributed by atoms with E-state index in [1.165, 1.54) is 21.8 Å². The summed E-state index contributed by atoms with van der Waals surface area (Å²) in [5, 5.41) is 4.03. The van der Waals surface area contributed by atoms with Crippen LogP contribution in [0.1, 0.15) is 21.6 Å². The fourth-order valence-electron chi connectivity index (χ4n) is 3.50. The summed E-state index contributed by atoms with van der Waals surface area (Å²) in [7, 11) is 3.38. The summed E-state index contributed by atoms with van der Waals surface area (Å²) in [5.74, 6) is -0.385. The van der Waals surface area contributed by atoms with Crippen LogP contribution in [0.2, 0.25) is 0 Å². The third-order valence-electron chi connectivity index (χ3n) is 5.09. The summed E-state index contributed by atoms with van der Waals surface area (Å²) >= 11 is 0. The Balaban J connectivity index is 1.65. The molecule has 0 saturated heterocycles. The highest BCUT2D eigenvalue weighted by molar-refractivity contribution is 6.05. The Bertz CT molecular complexity index is 1370. The van der Waals surface area contributed by atoms with Crippen LogP contribution in [0.15, 0.2) is 42.7 Å². The van der Waals surface area contributed by atoms with E-state index >= 15 is 0 Å². The van der Waals surface area contributed by atoms with Crippen LogP contribution < -0.4 is 9.64 Å². The standard InChI is InChI=1S/C22H19F3N6O2/c1-12-9-14(5-6-16(12)30(3)21(32)17-7-8-27-31(17)4)20-26-11-15-19(29-20)13(2)10-18(28-15)33-22(23,24)25/h5-11H,1-4H3. The molecule has 4 aromatic rings. The lowest BCUT2D eigenvalue weighted by atomic mass is 10.1. The molecular formula is C22H19F3N6O2. The molecule has 170 valence electrons. The molecule has 1 aromatic carbocycles. The van der Waals surface area contributed by atoms with Gasteiger partial charge in [-0.25, -0.2) is 15.0 Å². The molecule has 0 aliphatic carbocycles. The number of rotatable bonds is 4. The van der Waals surface area contributed by atoms with Crippen LogP contribution in [0.3, 0.4) is 0 Å². The largest absolute Gasteiger partial charge is 0.574 e. The molecule has 0 radical (unpaired) electrons. The number of carbonyl (C=O) groups excluding carboxylic acids is 1. The molecule has 0 spiro atoms. The molecule has 0 saturated carbocycles. The van der Waals surface area contributed by atoms with Crippen LogP contribution in [0.4, 0.5) is 18.9 Å². The van der Waals surface area contributed by atoms with Crippen molar-refractivity contribution < 1.29 is 22.7 Å². The average Bonchev–Trinajstić information content (AvgIpc) is 3.17. The van der Waals surface area contributed by atoms with Crippen LogP contribution in [0, 0.1) is 13.8 Å². The highest BCUT2D eigenvalue weighted by atomic mass is 19.4. The van der Waals surface area contributed by atoms with Crippen LogP contribution in [-0.2, 0) is 7.05 Å². The summed E-state index contributed by atoms with van der Waals surface area (Å²) in [6.45, 7) is 3.48. The topological polar surface area (TPSA) is 86.0 Å². The van der Waals surface area contributed by atoms with Gasteiger partial charge < -0.3 is 9.64 Å². The number of halogens is 3. The van der Waals surface area contributed by atoms with Crippen molar-refractivity contribution in [3.8, 4) is 17.3 Å². The summed E-state index contributed by atoms with van der Waals surface area (Å²) < 4.78 is 43.0. The van der Waals surface area contributed by atoms with Crippen molar-refractivity contribution >= 4 is 22.6 Å². The molecule has 33 heavy (non-hydrogen) atoms. The number of hydrogen-bond donors (Lipinski definition) is 0. The number of fused-ring (bicyclic) bond motifs is 1. The fourth-order valence-corrected chi connectivity index (χ4v) is 3.50. The van der Waals surface area contributed by atoms with Gasteiger partial charge in [0.25, 0.3) is 5.91 Å². The molecule has 4 rings (SSSR count). The Labute approximate surface area is 186 Å². The number of carbonyl (C=O) groups is 1. The van der Waals surface area contributed by atoms with Gasteiger partial charge in [0.05, 0.1) is 11.7 Å². The quantitative estimate of drug-likeness (QED) is 0.457. The molecule has 0 bridgehead atoms. The maximum absolute atomic E-state index is 12.8. The third kappa shape index (κ3) is 4.47. The van der Waals surface area contributed by atoms with E-state index < -0.39 is 12.2 Å². The second-order valence-corrected chi connectivity index (χ2v) is 7.46. The van der Waals surface area contributed by atoms with Crippen molar-refractivity contribution in [1.82, 2.24) is 24.7 Å². The van der Waals surface area contributed by atoms with Crippen LogP contribution >= 0.6 is 0 Å². The first kappa shape index (κ1) is 22.2. The van der Waals surface area contributed by atoms with Crippen molar-refractivity contribution in [2.24, 2.45) is 7.05 Å². The highest BCUT2D eigenvalue weighted by Crippen LogP contribution is 2.29. The first-order valence-corrected chi connectivity index (χ1v) is 9.81. The molecule has 0 N–H and O–H groups in total. The van der Waals surface area contributed by atoms with Gasteiger partial charge in [-0.3, -0.25) is 9.48 Å². The van der Waals surface area contributed by atoms with Crippen molar-refractivity contribution in [2.45, 2.75) is 20.2 Å². The molecule has 1 amide bonds. The van der Waals surface area contributed by atoms with E-state index in [9.17, 15) is 18.0 Å². The Kier molecular flexibility index (Phi) is 5.48. The Morgan fingerprint density at radius 2 is 1.85 bits per heavy atom. The van der Waals surface area contributed by atoms with Crippen molar-refractivity contribution in [1.29, 1.82) is 0 Å². The van der Waals surface area contributed by atoms with Gasteiger partial charge in [0.15, 0.2) is 5.82 Å². The minimum absolute atomic E-state index is 0.188. The summed E-state index contributed by atoms with van der Waals surface area (Å²) in [6, 6.07) is 8.23. The lowest BCUT2D eigenvalue weighted by molar-refractivity contribution is -0.276. The normalized spacial score (nSPS) is 11.6. The monoisotopic (exact) mass is 456 g/mol. The number of anilines is 1. The predicted molar refractivity (Wildman–Crippen MR) is 115 cm³/mol. The highest BCUT2D eigenvalue weighted by Gasteiger charge is 2.32. The fraction of sp³-hybridized carbons (Fsp3) is 0.227. The smallest absolute Gasteiger partial charge is 0.388 e. The van der Waals surface area contributed by atoms with Crippen molar-refractivity contribution in [3.63, 3.8) is 0 Å². The van der Waals surface area contributed by atoms with E-state index in [1.54, 1.807) is 45.4 Å². The van der Waals surface area contributed by atoms with E-state index in [-0.39, 0.29) is 11.4 Å². The molecular weight excluding hydrogens is 437 g/mol. The minimum Gasteiger partial charge on any atom is -0.388 e. The first-order valence-electron chi connectivity index (χ1n) is 9.81. The second-order valence-electron chi connectivity index (χ2n) is 7.46. The second kappa shape index (κ2) is 8.15. The van der Waals surface area contributed by atoms with Crippen LogP contribution in [-0.4, -0.2) is 44.0 Å². The van der Waals surface area contributed by atoms with E-state index in [0.29, 0.717) is 33.8 Å². The molecule has 0 fully saturated rings. The van der Waals surface area contributed by atoms with Gasteiger partial charge in [-0.1, -0.05) is 0 Å². The number of nitrogens with zero attached hydrogens (tertiary/aromatic N) is 6. The van der Waals surface area contributed by atoms with Crippen LogP contribution in [0.5, 0.6) is 5.88 Å². The van der Waals surface area contributed by atoms with Gasteiger partial charge in [0.2, 0.25) is 5.88 Å². The Morgan fingerprint density at radius 3 is 2.48 bits per heavy atom. The number of aryl methyl sites for hydroxylation is 3. The molecule has 0 aliphatic heterocycles. The van der Waals surface area contributed by atoms with Gasteiger partial charge in [-0.15, -0.1) is 13.2 Å². The molecule has 3 aromatic heterocycles. The number of alkyl halides is 3. The number of benzene rings is 1. The number of ether oxygens (including phenoxy) is 1. The minimum atomic E-state index is -4.83. The van der Waals surface area contributed by atoms with Crippen molar-refractivity contribution in [2.75, 3.05) is 11.9 Å². The Morgan fingerprint density at radius 1 is 1.09 bits per heavy atom. The van der Waals surface area contributed by atoms with E-state index in [0.717, 1.165) is 5.56 Å². The van der Waals surface area contributed by atoms with E-state index in [2.05, 4.69) is 24.8 Å². The summed E-state index contributed by atoms with van der Waals surface area (Å²) in [4.78, 5) is 26.9. The van der Waals surface area contributed by atoms with Crippen LogP contribution in [0.25, 0.3) is 22.4 Å².